The summed E-state index contributed by atoms with van der Waals surface area (Å²) in [5, 5.41) is 6.12. The number of anilines is 1. The second-order valence-electron chi connectivity index (χ2n) is 5.31. The third kappa shape index (κ3) is 4.96. The zero-order chi connectivity index (χ0) is 17.0. The maximum absolute atomic E-state index is 12.7. The Kier molecular flexibility index (Phi) is 5.26. The minimum Gasteiger partial charge on any atom is -0.356 e. The Morgan fingerprint density at radius 3 is 2.35 bits per heavy atom. The van der Waals surface area contributed by atoms with Crippen LogP contribution in [0.3, 0.4) is 0 Å². The molecule has 2 aromatic carbocycles. The van der Waals surface area contributed by atoms with E-state index in [4.69, 9.17) is 12.2 Å². The molecule has 0 unspecified atom stereocenters. The lowest BCUT2D eigenvalue weighted by Crippen LogP contribution is -2.31. The van der Waals surface area contributed by atoms with Gasteiger partial charge < -0.3 is 10.6 Å². The summed E-state index contributed by atoms with van der Waals surface area (Å²) in [5.41, 5.74) is 1.79. The molecule has 0 spiro atoms. The molecule has 0 aliphatic heterocycles. The van der Waals surface area contributed by atoms with Crippen LogP contribution in [0.25, 0.3) is 0 Å². The van der Waals surface area contributed by atoms with Crippen molar-refractivity contribution in [2.75, 3.05) is 5.32 Å². The fraction of sp³-hybridized carbons (Fsp3) is 0.235. The summed E-state index contributed by atoms with van der Waals surface area (Å²) < 4.78 is 38.1. The summed E-state index contributed by atoms with van der Waals surface area (Å²) in [6, 6.07) is 12.9. The fourth-order valence-electron chi connectivity index (χ4n) is 2.08. The summed E-state index contributed by atoms with van der Waals surface area (Å²) in [5.74, 6) is 0. The van der Waals surface area contributed by atoms with Crippen molar-refractivity contribution >= 4 is 23.0 Å². The smallest absolute Gasteiger partial charge is 0.356 e. The molecule has 23 heavy (non-hydrogen) atoms. The molecular weight excluding hydrogens is 321 g/mol. The van der Waals surface area contributed by atoms with Crippen molar-refractivity contribution in [3.05, 3.63) is 65.2 Å². The Balaban J connectivity index is 2.01. The van der Waals surface area contributed by atoms with E-state index in [1.165, 1.54) is 6.07 Å². The van der Waals surface area contributed by atoms with Gasteiger partial charge in [0.1, 0.15) is 0 Å². The Morgan fingerprint density at radius 1 is 1.09 bits per heavy atom. The van der Waals surface area contributed by atoms with Crippen LogP contribution >= 0.6 is 12.2 Å². The molecule has 6 heteroatoms. The highest BCUT2D eigenvalue weighted by Crippen LogP contribution is 2.30. The highest BCUT2D eigenvalue weighted by molar-refractivity contribution is 7.80. The molecule has 2 aromatic rings. The van der Waals surface area contributed by atoms with Crippen molar-refractivity contribution in [3.8, 4) is 0 Å². The highest BCUT2D eigenvalue weighted by Gasteiger charge is 2.30. The first kappa shape index (κ1) is 17.3. The van der Waals surface area contributed by atoms with Crippen LogP contribution in [0, 0.1) is 6.92 Å². The van der Waals surface area contributed by atoms with Gasteiger partial charge in [-0.1, -0.05) is 35.9 Å². The van der Waals surface area contributed by atoms with E-state index in [0.29, 0.717) is 5.69 Å². The minimum atomic E-state index is -4.37. The van der Waals surface area contributed by atoms with Crippen molar-refractivity contribution < 1.29 is 13.2 Å². The largest absolute Gasteiger partial charge is 0.416 e. The molecule has 2 nitrogen and oxygen atoms in total. The number of hydrogen-bond acceptors (Lipinski definition) is 1. The van der Waals surface area contributed by atoms with Crippen LogP contribution in [0.15, 0.2) is 48.5 Å². The van der Waals surface area contributed by atoms with Crippen LogP contribution in [-0.2, 0) is 6.18 Å². The quantitative estimate of drug-likeness (QED) is 0.765. The lowest BCUT2D eigenvalue weighted by molar-refractivity contribution is -0.137. The van der Waals surface area contributed by atoms with Crippen molar-refractivity contribution in [1.29, 1.82) is 0 Å². The molecule has 2 N–H and O–H groups in total. The maximum Gasteiger partial charge on any atom is 0.416 e. The molecule has 0 amide bonds. The van der Waals surface area contributed by atoms with Crippen LogP contribution in [0.2, 0.25) is 0 Å². The maximum atomic E-state index is 12.7. The summed E-state index contributed by atoms with van der Waals surface area (Å²) in [6.07, 6.45) is -4.37. The van der Waals surface area contributed by atoms with Gasteiger partial charge in [-0.05, 0) is 49.8 Å². The number of thiocarbonyl (C=S) groups is 1. The summed E-state index contributed by atoms with van der Waals surface area (Å²) in [6.45, 7) is 3.94. The van der Waals surface area contributed by atoms with Crippen LogP contribution in [-0.4, -0.2) is 5.11 Å². The van der Waals surface area contributed by atoms with Crippen LogP contribution < -0.4 is 10.6 Å². The molecule has 2 rings (SSSR count). The SMILES string of the molecule is Cc1ccc([C@H](C)NC(=S)Nc2cccc(C(F)(F)F)c2)cc1. The first-order valence-electron chi connectivity index (χ1n) is 7.07. The Labute approximate surface area is 138 Å². The zero-order valence-electron chi connectivity index (χ0n) is 12.7. The van der Waals surface area contributed by atoms with Gasteiger partial charge >= 0.3 is 6.18 Å². The van der Waals surface area contributed by atoms with Gasteiger partial charge in [0.2, 0.25) is 0 Å². The van der Waals surface area contributed by atoms with Gasteiger partial charge in [0.25, 0.3) is 0 Å². The molecule has 0 saturated carbocycles. The zero-order valence-corrected chi connectivity index (χ0v) is 13.6. The standard InChI is InChI=1S/C17H17F3N2S/c1-11-6-8-13(9-7-11)12(2)21-16(23)22-15-5-3-4-14(10-15)17(18,19)20/h3-10,12H,1-2H3,(H2,21,22,23)/t12-/m0/s1. The van der Waals surface area contributed by atoms with Gasteiger partial charge in [0.05, 0.1) is 11.6 Å². The first-order chi connectivity index (χ1) is 10.8. The van der Waals surface area contributed by atoms with Gasteiger partial charge in [-0.15, -0.1) is 0 Å². The van der Waals surface area contributed by atoms with Gasteiger partial charge in [-0.25, -0.2) is 0 Å². The van der Waals surface area contributed by atoms with Gasteiger partial charge in [0.15, 0.2) is 5.11 Å². The predicted octanol–water partition coefficient (Wildman–Crippen LogP) is 5.06. The van der Waals surface area contributed by atoms with Gasteiger partial charge in [-0.2, -0.15) is 13.2 Å². The van der Waals surface area contributed by atoms with E-state index in [1.807, 2.05) is 38.1 Å². The molecule has 1 atom stereocenters. The van der Waals surface area contributed by atoms with Crippen LogP contribution in [0.5, 0.6) is 0 Å². The molecule has 0 saturated heterocycles. The fourth-order valence-corrected chi connectivity index (χ4v) is 2.37. The summed E-state index contributed by atoms with van der Waals surface area (Å²) in [7, 11) is 0. The molecule has 122 valence electrons. The van der Waals surface area contributed by atoms with Crippen LogP contribution in [0.1, 0.15) is 29.7 Å². The molecule has 0 bridgehead atoms. The van der Waals surface area contributed by atoms with E-state index < -0.39 is 11.7 Å². The number of rotatable bonds is 3. The number of alkyl halides is 3. The van der Waals surface area contributed by atoms with Crippen molar-refractivity contribution in [2.45, 2.75) is 26.1 Å². The lowest BCUT2D eigenvalue weighted by Gasteiger charge is -2.18. The third-order valence-electron chi connectivity index (χ3n) is 3.37. The average Bonchev–Trinajstić information content (AvgIpc) is 2.47. The second kappa shape index (κ2) is 7.00. The third-order valence-corrected chi connectivity index (χ3v) is 3.59. The van der Waals surface area contributed by atoms with Crippen LogP contribution in [0.4, 0.5) is 18.9 Å². The number of aryl methyl sites for hydroxylation is 1. The molecule has 0 aliphatic rings. The Bertz CT molecular complexity index is 681. The highest BCUT2D eigenvalue weighted by atomic mass is 32.1. The van der Waals surface area contributed by atoms with E-state index in [2.05, 4.69) is 10.6 Å². The minimum absolute atomic E-state index is 0.0543. The first-order valence-corrected chi connectivity index (χ1v) is 7.48. The lowest BCUT2D eigenvalue weighted by atomic mass is 10.1. The predicted molar refractivity (Wildman–Crippen MR) is 90.4 cm³/mol. The van der Waals surface area contributed by atoms with E-state index in [1.54, 1.807) is 6.07 Å². The van der Waals surface area contributed by atoms with Crippen molar-refractivity contribution in [2.24, 2.45) is 0 Å². The second-order valence-corrected chi connectivity index (χ2v) is 5.72. The number of benzene rings is 2. The average molecular weight is 338 g/mol. The van der Waals surface area contributed by atoms with Crippen molar-refractivity contribution in [3.63, 3.8) is 0 Å². The molecule has 0 aromatic heterocycles. The van der Waals surface area contributed by atoms with E-state index in [0.717, 1.165) is 23.3 Å². The molecule has 0 fully saturated rings. The van der Waals surface area contributed by atoms with Crippen molar-refractivity contribution in [1.82, 2.24) is 5.32 Å². The van der Waals surface area contributed by atoms with Gasteiger partial charge in [-0.3, -0.25) is 0 Å². The Morgan fingerprint density at radius 2 is 1.74 bits per heavy atom. The number of halogens is 3. The van der Waals surface area contributed by atoms with E-state index in [-0.39, 0.29) is 11.2 Å². The molecule has 0 heterocycles. The monoisotopic (exact) mass is 338 g/mol. The molecular formula is C17H17F3N2S. The Hall–Kier alpha value is -2.08. The summed E-state index contributed by atoms with van der Waals surface area (Å²) >= 11 is 5.17. The topological polar surface area (TPSA) is 24.1 Å². The summed E-state index contributed by atoms with van der Waals surface area (Å²) in [4.78, 5) is 0. The number of nitrogens with one attached hydrogen (secondary N) is 2. The van der Waals surface area contributed by atoms with E-state index >= 15 is 0 Å². The molecule has 0 aliphatic carbocycles. The molecule has 0 radical (unpaired) electrons. The van der Waals surface area contributed by atoms with E-state index in [9.17, 15) is 13.2 Å². The number of hydrogen-bond donors (Lipinski definition) is 2. The van der Waals surface area contributed by atoms with Gasteiger partial charge in [0, 0.05) is 5.69 Å². The normalized spacial score (nSPS) is 12.6.